The lowest BCUT2D eigenvalue weighted by atomic mass is 10.1. The third-order valence-electron chi connectivity index (χ3n) is 9.35. The Labute approximate surface area is 302 Å². The molecule has 0 saturated carbocycles. The van der Waals surface area contributed by atoms with E-state index in [4.69, 9.17) is 9.97 Å². The number of hydrogen-bond donors (Lipinski definition) is 4. The molecule has 3 aromatic carbocycles. The van der Waals surface area contributed by atoms with E-state index in [-0.39, 0.29) is 23.2 Å². The highest BCUT2D eigenvalue weighted by Gasteiger charge is 2.21. The first-order valence-corrected chi connectivity index (χ1v) is 18.0. The summed E-state index contributed by atoms with van der Waals surface area (Å²) in [5.41, 5.74) is 6.58. The zero-order valence-electron chi connectivity index (χ0n) is 30.1. The van der Waals surface area contributed by atoms with Crippen molar-refractivity contribution in [3.05, 3.63) is 109 Å². The van der Waals surface area contributed by atoms with Gasteiger partial charge in [-0.15, -0.1) is 0 Å². The molecule has 0 radical (unpaired) electrons. The standard InChI is InChI=1S/C42H42N8O2/c1-5-7-19-43-33-23-35(41(51)45-29-21-27-13-9-11-15-37(27)49(3)25-29)47-39-31(33)17-18-32-34(44-20-8-6-2)24-36(48-40(32)39)42(52)46-30-22-28-14-10-12-16-38(28)50(4)26-30/h9-18,21-26H,5-8,19-20H2,1-4H3,(H2-2,43,44,45,46,47,48,51,52)/p+2. The molecule has 0 saturated heterocycles. The third kappa shape index (κ3) is 7.05. The highest BCUT2D eigenvalue weighted by molar-refractivity contribution is 6.15. The van der Waals surface area contributed by atoms with Crippen LogP contribution in [0.15, 0.2) is 97.3 Å². The number of aryl methyl sites for hydroxylation is 2. The van der Waals surface area contributed by atoms with E-state index in [1.807, 2.05) is 108 Å². The van der Waals surface area contributed by atoms with Crippen LogP contribution in [0.25, 0.3) is 43.6 Å². The maximum atomic E-state index is 14.0. The number of fused-ring (bicyclic) bond motifs is 5. The van der Waals surface area contributed by atoms with Crippen molar-refractivity contribution < 1.29 is 18.7 Å². The lowest BCUT2D eigenvalue weighted by Gasteiger charge is -2.16. The number of unbranched alkanes of at least 4 members (excludes halogenated alkanes) is 2. The van der Waals surface area contributed by atoms with E-state index < -0.39 is 0 Å². The molecule has 0 fully saturated rings. The molecule has 0 aliphatic carbocycles. The molecule has 262 valence electrons. The van der Waals surface area contributed by atoms with E-state index in [0.29, 0.717) is 22.4 Å². The van der Waals surface area contributed by atoms with Gasteiger partial charge < -0.3 is 21.3 Å². The number of pyridine rings is 4. The molecule has 0 aliphatic heterocycles. The number of nitrogens with one attached hydrogen (secondary N) is 4. The van der Waals surface area contributed by atoms with Gasteiger partial charge >= 0.3 is 0 Å². The average Bonchev–Trinajstić information content (AvgIpc) is 3.14. The molecule has 4 heterocycles. The summed E-state index contributed by atoms with van der Waals surface area (Å²) in [6, 6.07) is 27.6. The van der Waals surface area contributed by atoms with Crippen molar-refractivity contribution >= 4 is 78.2 Å². The Morgan fingerprint density at radius 3 is 1.44 bits per heavy atom. The molecule has 0 aliphatic rings. The smallest absolute Gasteiger partial charge is 0.274 e. The van der Waals surface area contributed by atoms with Crippen LogP contribution in [-0.2, 0) is 14.1 Å². The van der Waals surface area contributed by atoms with Gasteiger partial charge in [0.1, 0.15) is 36.9 Å². The fraction of sp³-hybridized carbons (Fsp3) is 0.238. The Hall–Kier alpha value is -6.16. The topological polar surface area (TPSA) is 116 Å². The molecule has 0 bridgehead atoms. The normalized spacial score (nSPS) is 11.3. The highest BCUT2D eigenvalue weighted by Crippen LogP contribution is 2.33. The van der Waals surface area contributed by atoms with Gasteiger partial charge in [0.2, 0.25) is 11.0 Å². The summed E-state index contributed by atoms with van der Waals surface area (Å²) in [7, 11) is 3.92. The maximum Gasteiger partial charge on any atom is 0.274 e. The molecule has 10 heteroatoms. The van der Waals surface area contributed by atoms with Gasteiger partial charge in [-0.2, -0.15) is 9.13 Å². The summed E-state index contributed by atoms with van der Waals surface area (Å²) in [6.45, 7) is 5.75. The number of para-hydroxylation sites is 2. The van der Waals surface area contributed by atoms with E-state index in [0.717, 1.165) is 82.7 Å². The third-order valence-corrected chi connectivity index (χ3v) is 9.35. The SMILES string of the molecule is CCCCNc1cc(C(=O)Nc2cc3ccccc3[n+](C)c2)nc2c1ccc1c(NCCCC)cc(C(=O)Nc3cc4ccccc4[n+](C)c3)nc12. The van der Waals surface area contributed by atoms with Crippen molar-refractivity contribution in [3.63, 3.8) is 0 Å². The molecule has 4 N–H and O–H groups in total. The minimum atomic E-state index is -0.341. The van der Waals surface area contributed by atoms with Gasteiger partial charge in [0.05, 0.1) is 11.0 Å². The van der Waals surface area contributed by atoms with Crippen LogP contribution in [0.2, 0.25) is 0 Å². The Morgan fingerprint density at radius 2 is 1.02 bits per heavy atom. The highest BCUT2D eigenvalue weighted by atomic mass is 16.2. The maximum absolute atomic E-state index is 14.0. The zero-order chi connectivity index (χ0) is 36.2. The Bertz CT molecular complexity index is 2310. The van der Waals surface area contributed by atoms with Crippen LogP contribution in [-0.4, -0.2) is 34.9 Å². The second-order valence-electron chi connectivity index (χ2n) is 13.2. The van der Waals surface area contributed by atoms with E-state index in [1.54, 1.807) is 12.1 Å². The lowest BCUT2D eigenvalue weighted by Crippen LogP contribution is -2.29. The first kappa shape index (κ1) is 34.3. The number of hydrogen-bond acceptors (Lipinski definition) is 6. The van der Waals surface area contributed by atoms with Crippen LogP contribution in [0.3, 0.4) is 0 Å². The zero-order valence-corrected chi connectivity index (χ0v) is 30.1. The second kappa shape index (κ2) is 15.0. The molecule has 0 atom stereocenters. The number of aromatic nitrogens is 4. The van der Waals surface area contributed by atoms with Gasteiger partial charge in [-0.25, -0.2) is 9.97 Å². The minimum Gasteiger partial charge on any atom is -0.384 e. The van der Waals surface area contributed by atoms with Crippen LogP contribution in [0.1, 0.15) is 60.5 Å². The van der Waals surface area contributed by atoms with Crippen LogP contribution in [0, 0.1) is 0 Å². The number of benzene rings is 3. The molecule has 7 rings (SSSR count). The molecule has 0 spiro atoms. The first-order chi connectivity index (χ1) is 25.3. The fourth-order valence-corrected chi connectivity index (χ4v) is 6.65. The van der Waals surface area contributed by atoms with Crippen molar-refractivity contribution in [1.29, 1.82) is 0 Å². The van der Waals surface area contributed by atoms with E-state index in [2.05, 4.69) is 35.1 Å². The molecule has 2 amide bonds. The largest absolute Gasteiger partial charge is 0.384 e. The number of carbonyl (C=O) groups is 2. The number of nitrogens with zero attached hydrogens (tertiary/aromatic N) is 4. The molecular weight excluding hydrogens is 649 g/mol. The van der Waals surface area contributed by atoms with E-state index >= 15 is 0 Å². The summed E-state index contributed by atoms with van der Waals surface area (Å²) in [6.07, 6.45) is 7.77. The summed E-state index contributed by atoms with van der Waals surface area (Å²) < 4.78 is 3.98. The molecule has 7 aromatic rings. The number of carbonyl (C=O) groups excluding carboxylic acids is 2. The predicted octanol–water partition coefficient (Wildman–Crippen LogP) is 7.67. The summed E-state index contributed by atoms with van der Waals surface area (Å²) in [5, 5.41) is 16.9. The Kier molecular flexibility index (Phi) is 9.88. The second-order valence-corrected chi connectivity index (χ2v) is 13.2. The van der Waals surface area contributed by atoms with Gasteiger partial charge in [-0.05, 0) is 61.4 Å². The van der Waals surface area contributed by atoms with Crippen LogP contribution < -0.4 is 30.4 Å². The molecule has 0 unspecified atom stereocenters. The van der Waals surface area contributed by atoms with Gasteiger partial charge in [0.25, 0.3) is 11.8 Å². The summed E-state index contributed by atoms with van der Waals surface area (Å²) in [4.78, 5) is 37.8. The first-order valence-electron chi connectivity index (χ1n) is 18.0. The molecule has 10 nitrogen and oxygen atoms in total. The fourth-order valence-electron chi connectivity index (χ4n) is 6.65. The Balaban J connectivity index is 1.33. The molecular formula is C42H44N8O2+2. The van der Waals surface area contributed by atoms with Crippen LogP contribution >= 0.6 is 0 Å². The lowest BCUT2D eigenvalue weighted by molar-refractivity contribution is -0.644. The number of anilines is 4. The Morgan fingerprint density at radius 1 is 0.596 bits per heavy atom. The average molecular weight is 693 g/mol. The van der Waals surface area contributed by atoms with Crippen molar-refractivity contribution in [2.75, 3.05) is 34.4 Å². The molecule has 52 heavy (non-hydrogen) atoms. The van der Waals surface area contributed by atoms with Crippen LogP contribution in [0.5, 0.6) is 0 Å². The summed E-state index contributed by atoms with van der Waals surface area (Å²) in [5.74, 6) is -0.681. The summed E-state index contributed by atoms with van der Waals surface area (Å²) >= 11 is 0. The number of amides is 2. The van der Waals surface area contributed by atoms with Crippen molar-refractivity contribution in [2.45, 2.75) is 39.5 Å². The molecule has 4 aromatic heterocycles. The van der Waals surface area contributed by atoms with Gasteiger partial charge in [0, 0.05) is 58.1 Å². The quantitative estimate of drug-likeness (QED) is 0.0594. The van der Waals surface area contributed by atoms with E-state index in [9.17, 15) is 9.59 Å². The van der Waals surface area contributed by atoms with Gasteiger partial charge in [-0.1, -0.05) is 51.0 Å². The van der Waals surface area contributed by atoms with Gasteiger partial charge in [0.15, 0.2) is 12.4 Å². The number of rotatable bonds is 12. The van der Waals surface area contributed by atoms with Crippen molar-refractivity contribution in [1.82, 2.24) is 9.97 Å². The minimum absolute atomic E-state index is 0.246. The monoisotopic (exact) mass is 692 g/mol. The van der Waals surface area contributed by atoms with E-state index in [1.165, 1.54) is 0 Å². The van der Waals surface area contributed by atoms with Crippen molar-refractivity contribution in [3.8, 4) is 0 Å². The van der Waals surface area contributed by atoms with Gasteiger partial charge in [-0.3, -0.25) is 9.59 Å². The van der Waals surface area contributed by atoms with Crippen molar-refractivity contribution in [2.24, 2.45) is 14.1 Å². The van der Waals surface area contributed by atoms with Crippen LogP contribution in [0.4, 0.5) is 22.7 Å². The predicted molar refractivity (Wildman–Crippen MR) is 210 cm³/mol.